The number of aromatic nitrogens is 2. The molecule has 25 heavy (non-hydrogen) atoms. The highest BCUT2D eigenvalue weighted by molar-refractivity contribution is 9.11. The number of phenolic OH excluding ortho intramolecular Hbond substituents is 2. The van der Waals surface area contributed by atoms with Crippen LogP contribution in [0, 0.1) is 0 Å². The molecule has 3 rings (SSSR count). The van der Waals surface area contributed by atoms with Crippen molar-refractivity contribution in [2.75, 3.05) is 0 Å². The van der Waals surface area contributed by atoms with Gasteiger partial charge in [-0.15, -0.1) is 0 Å². The molecule has 1 heterocycles. The lowest BCUT2D eigenvalue weighted by Gasteiger charge is -2.08. The maximum atomic E-state index is 12.2. The average molecular weight is 470 g/mol. The summed E-state index contributed by atoms with van der Waals surface area (Å²) >= 11 is 6.64. The first-order valence-electron chi connectivity index (χ1n) is 6.92. The van der Waals surface area contributed by atoms with E-state index in [1.807, 2.05) is 0 Å². The number of esters is 1. The summed E-state index contributed by atoms with van der Waals surface area (Å²) in [6.07, 6.45) is 0. The summed E-state index contributed by atoms with van der Waals surface area (Å²) < 4.78 is 6.41. The first-order chi connectivity index (χ1) is 11.8. The molecule has 0 aliphatic rings. The Morgan fingerprint density at radius 2 is 1.96 bits per heavy atom. The number of H-pyrrole nitrogens is 1. The third-order valence-corrected chi connectivity index (χ3v) is 4.38. The van der Waals surface area contributed by atoms with Crippen LogP contribution in [0.1, 0.15) is 16.2 Å². The van der Waals surface area contributed by atoms with Crippen LogP contribution in [0.15, 0.2) is 44.1 Å². The van der Waals surface area contributed by atoms with Crippen molar-refractivity contribution < 1.29 is 19.7 Å². The van der Waals surface area contributed by atoms with E-state index in [4.69, 9.17) is 4.74 Å². The lowest BCUT2D eigenvalue weighted by atomic mass is 10.2. The largest absolute Gasteiger partial charge is 0.508 e. The minimum Gasteiger partial charge on any atom is -0.508 e. The molecule has 3 aromatic rings. The minimum absolute atomic E-state index is 0.106. The normalized spacial score (nSPS) is 10.8. The molecule has 0 saturated heterocycles. The van der Waals surface area contributed by atoms with Gasteiger partial charge in [-0.2, -0.15) is 0 Å². The number of carbonyl (C=O) groups is 1. The second-order valence-electron chi connectivity index (χ2n) is 5.07. The number of benzene rings is 2. The number of nitrogens with zero attached hydrogens (tertiary/aromatic N) is 1. The molecule has 0 radical (unpaired) electrons. The molecule has 3 N–H and O–H groups in total. The van der Waals surface area contributed by atoms with Crippen molar-refractivity contribution in [3.8, 4) is 11.5 Å². The van der Waals surface area contributed by atoms with Gasteiger partial charge in [-0.1, -0.05) is 15.9 Å². The molecule has 9 heteroatoms. The highest BCUT2D eigenvalue weighted by Gasteiger charge is 2.15. The van der Waals surface area contributed by atoms with Gasteiger partial charge in [0.25, 0.3) is 5.56 Å². The molecule has 0 aliphatic heterocycles. The third-order valence-electron chi connectivity index (χ3n) is 3.32. The SMILES string of the molecule is O=C(OCc1nc2c(Br)cc(Br)cc2c(=O)[nH]1)c1ccc(O)cc1O. The Balaban J connectivity index is 1.86. The molecule has 0 saturated carbocycles. The van der Waals surface area contributed by atoms with Crippen LogP contribution in [0.25, 0.3) is 10.9 Å². The summed E-state index contributed by atoms with van der Waals surface area (Å²) in [5.41, 5.74) is -0.0398. The Bertz CT molecular complexity index is 1050. The van der Waals surface area contributed by atoms with Crippen LogP contribution in [-0.4, -0.2) is 26.2 Å². The van der Waals surface area contributed by atoms with E-state index in [0.717, 1.165) is 10.5 Å². The van der Waals surface area contributed by atoms with E-state index >= 15 is 0 Å². The molecule has 0 atom stereocenters. The van der Waals surface area contributed by atoms with Gasteiger partial charge in [0.1, 0.15) is 29.5 Å². The zero-order valence-corrected chi connectivity index (χ0v) is 15.6. The number of nitrogens with one attached hydrogen (secondary N) is 1. The van der Waals surface area contributed by atoms with E-state index in [2.05, 4.69) is 41.8 Å². The van der Waals surface area contributed by atoms with Gasteiger partial charge in [0.05, 0.1) is 10.9 Å². The number of rotatable bonds is 3. The predicted molar refractivity (Wildman–Crippen MR) is 96.7 cm³/mol. The quantitative estimate of drug-likeness (QED) is 0.507. The fraction of sp³-hybridized carbons (Fsp3) is 0.0625. The van der Waals surface area contributed by atoms with Gasteiger partial charge in [0.2, 0.25) is 0 Å². The zero-order chi connectivity index (χ0) is 18.1. The van der Waals surface area contributed by atoms with Crippen molar-refractivity contribution in [3.05, 3.63) is 61.0 Å². The summed E-state index contributed by atoms with van der Waals surface area (Å²) in [7, 11) is 0. The Morgan fingerprint density at radius 1 is 1.20 bits per heavy atom. The molecule has 0 aliphatic carbocycles. The highest BCUT2D eigenvalue weighted by Crippen LogP contribution is 2.26. The van der Waals surface area contributed by atoms with Crippen LogP contribution in [0.2, 0.25) is 0 Å². The Kier molecular flexibility index (Phi) is 4.78. The maximum Gasteiger partial charge on any atom is 0.342 e. The predicted octanol–water partition coefficient (Wildman–Crippen LogP) is 3.22. The molecule has 7 nitrogen and oxygen atoms in total. The number of hydrogen-bond acceptors (Lipinski definition) is 6. The van der Waals surface area contributed by atoms with E-state index in [0.29, 0.717) is 15.4 Å². The number of hydrogen-bond donors (Lipinski definition) is 3. The molecule has 0 amide bonds. The first-order valence-corrected chi connectivity index (χ1v) is 8.51. The van der Waals surface area contributed by atoms with Gasteiger partial charge in [-0.05, 0) is 40.2 Å². The average Bonchev–Trinajstić information content (AvgIpc) is 2.53. The number of ether oxygens (including phenoxy) is 1. The van der Waals surface area contributed by atoms with Gasteiger partial charge in [-0.3, -0.25) is 4.79 Å². The van der Waals surface area contributed by atoms with E-state index in [-0.39, 0.29) is 29.3 Å². The lowest BCUT2D eigenvalue weighted by molar-refractivity contribution is 0.0459. The highest BCUT2D eigenvalue weighted by atomic mass is 79.9. The van der Waals surface area contributed by atoms with Crippen molar-refractivity contribution >= 4 is 48.7 Å². The van der Waals surface area contributed by atoms with Crippen LogP contribution >= 0.6 is 31.9 Å². The third kappa shape index (κ3) is 3.67. The Hall–Kier alpha value is -2.39. The second-order valence-corrected chi connectivity index (χ2v) is 6.84. The minimum atomic E-state index is -0.810. The summed E-state index contributed by atoms with van der Waals surface area (Å²) in [6.45, 7) is -0.285. The molecule has 2 aromatic carbocycles. The number of fused-ring (bicyclic) bond motifs is 1. The van der Waals surface area contributed by atoms with E-state index < -0.39 is 11.7 Å². The molecule has 0 unspecified atom stereocenters. The van der Waals surface area contributed by atoms with E-state index in [9.17, 15) is 19.8 Å². The molecule has 1 aromatic heterocycles. The number of phenols is 2. The van der Waals surface area contributed by atoms with Crippen LogP contribution in [-0.2, 0) is 11.3 Å². The van der Waals surface area contributed by atoms with E-state index in [1.54, 1.807) is 12.1 Å². The molecule has 128 valence electrons. The van der Waals surface area contributed by atoms with Crippen molar-refractivity contribution in [2.24, 2.45) is 0 Å². The Labute approximate surface area is 157 Å². The van der Waals surface area contributed by atoms with Crippen molar-refractivity contribution in [1.29, 1.82) is 0 Å². The van der Waals surface area contributed by atoms with E-state index in [1.165, 1.54) is 12.1 Å². The van der Waals surface area contributed by atoms with Gasteiger partial charge in [-0.25, -0.2) is 9.78 Å². The number of aromatic hydroxyl groups is 2. The van der Waals surface area contributed by atoms with Crippen LogP contribution < -0.4 is 5.56 Å². The van der Waals surface area contributed by atoms with Gasteiger partial charge in [0.15, 0.2) is 0 Å². The van der Waals surface area contributed by atoms with Crippen molar-refractivity contribution in [3.63, 3.8) is 0 Å². The topological polar surface area (TPSA) is 113 Å². The van der Waals surface area contributed by atoms with Crippen LogP contribution in [0.4, 0.5) is 0 Å². The molecular weight excluding hydrogens is 460 g/mol. The zero-order valence-electron chi connectivity index (χ0n) is 12.4. The fourth-order valence-corrected chi connectivity index (χ4v) is 3.50. The monoisotopic (exact) mass is 468 g/mol. The summed E-state index contributed by atoms with van der Waals surface area (Å²) in [4.78, 5) is 31.0. The Morgan fingerprint density at radius 3 is 2.68 bits per heavy atom. The molecule has 0 bridgehead atoms. The smallest absolute Gasteiger partial charge is 0.342 e. The van der Waals surface area contributed by atoms with Gasteiger partial charge >= 0.3 is 5.97 Å². The lowest BCUT2D eigenvalue weighted by Crippen LogP contribution is -2.15. The maximum absolute atomic E-state index is 12.2. The standard InChI is InChI=1S/C16H10Br2N2O5/c17-7-3-10-14(11(18)4-7)19-13(20-15(10)23)6-25-16(24)9-2-1-8(21)5-12(9)22/h1-5,21-22H,6H2,(H,19,20,23). The summed E-state index contributed by atoms with van der Waals surface area (Å²) in [5.74, 6) is -1.23. The van der Waals surface area contributed by atoms with Crippen LogP contribution in [0.5, 0.6) is 11.5 Å². The van der Waals surface area contributed by atoms with Gasteiger partial charge in [0, 0.05) is 15.0 Å². The molecule has 0 fully saturated rings. The fourth-order valence-electron chi connectivity index (χ4n) is 2.19. The van der Waals surface area contributed by atoms with Crippen molar-refractivity contribution in [1.82, 2.24) is 9.97 Å². The second kappa shape index (κ2) is 6.85. The first kappa shape index (κ1) is 17.4. The number of halogens is 2. The number of aromatic amines is 1. The summed E-state index contributed by atoms with van der Waals surface area (Å²) in [5, 5.41) is 19.3. The van der Waals surface area contributed by atoms with Crippen molar-refractivity contribution in [2.45, 2.75) is 6.61 Å². The summed E-state index contributed by atoms with van der Waals surface area (Å²) in [6, 6.07) is 6.90. The molecular formula is C16H10Br2N2O5. The molecule has 0 spiro atoms. The van der Waals surface area contributed by atoms with Crippen LogP contribution in [0.3, 0.4) is 0 Å². The number of carbonyl (C=O) groups excluding carboxylic acids is 1. The van der Waals surface area contributed by atoms with Gasteiger partial charge < -0.3 is 19.9 Å².